The first-order valence-electron chi connectivity index (χ1n) is 6.95. The number of nitrogen functional groups attached to an aromatic ring is 1. The van der Waals surface area contributed by atoms with Crippen molar-refractivity contribution >= 4 is 11.9 Å². The van der Waals surface area contributed by atoms with E-state index in [1.54, 1.807) is 0 Å². The van der Waals surface area contributed by atoms with Gasteiger partial charge in [-0.05, 0) is 20.8 Å². The summed E-state index contributed by atoms with van der Waals surface area (Å²) in [6.45, 7) is 8.01. The van der Waals surface area contributed by atoms with E-state index in [4.69, 9.17) is 10.5 Å². The van der Waals surface area contributed by atoms with E-state index in [0.29, 0.717) is 11.8 Å². The number of ether oxygens (including phenoxy) is 1. The number of nitrogens with zero attached hydrogens (tertiary/aromatic N) is 5. The zero-order valence-electron chi connectivity index (χ0n) is 12.9. The van der Waals surface area contributed by atoms with Gasteiger partial charge in [0.05, 0.1) is 18.2 Å². The third kappa shape index (κ3) is 3.34. The summed E-state index contributed by atoms with van der Waals surface area (Å²) in [5.41, 5.74) is 5.79. The summed E-state index contributed by atoms with van der Waals surface area (Å²) in [6.07, 6.45) is 0.433. The minimum atomic E-state index is 0.0906. The minimum absolute atomic E-state index is 0.0906. The Morgan fingerprint density at radius 1 is 1.20 bits per heavy atom. The van der Waals surface area contributed by atoms with Crippen LogP contribution in [0.15, 0.2) is 0 Å². The Bertz CT molecular complexity index is 456. The average Bonchev–Trinajstić information content (AvgIpc) is 2.35. The second-order valence-corrected chi connectivity index (χ2v) is 5.63. The summed E-state index contributed by atoms with van der Waals surface area (Å²) in [6, 6.07) is 0.0906. The van der Waals surface area contributed by atoms with Crippen molar-refractivity contribution in [3.05, 3.63) is 5.82 Å². The van der Waals surface area contributed by atoms with E-state index in [0.717, 1.165) is 13.1 Å². The zero-order chi connectivity index (χ0) is 14.9. The van der Waals surface area contributed by atoms with Crippen molar-refractivity contribution in [2.24, 2.45) is 0 Å². The van der Waals surface area contributed by atoms with Crippen LogP contribution >= 0.6 is 0 Å². The Labute approximate surface area is 120 Å². The van der Waals surface area contributed by atoms with Crippen molar-refractivity contribution in [3.8, 4) is 0 Å². The van der Waals surface area contributed by atoms with E-state index in [-0.39, 0.29) is 24.2 Å². The van der Waals surface area contributed by atoms with Crippen LogP contribution in [-0.4, -0.2) is 59.2 Å². The van der Waals surface area contributed by atoms with Crippen LogP contribution in [0.2, 0.25) is 0 Å². The second kappa shape index (κ2) is 5.88. The molecule has 0 bridgehead atoms. The van der Waals surface area contributed by atoms with Crippen LogP contribution in [0, 0.1) is 0 Å². The normalized spacial score (nSPS) is 25.4. The van der Waals surface area contributed by atoms with Crippen molar-refractivity contribution in [2.45, 2.75) is 39.0 Å². The molecule has 0 spiro atoms. The average molecular weight is 280 g/mol. The molecule has 2 heterocycles. The molecule has 1 aliphatic rings. The molecule has 112 valence electrons. The Hall–Kier alpha value is -1.47. The van der Waals surface area contributed by atoms with Crippen LogP contribution in [0.25, 0.3) is 0 Å². The van der Waals surface area contributed by atoms with E-state index in [1.807, 2.05) is 19.0 Å². The smallest absolute Gasteiger partial charge is 0.229 e. The van der Waals surface area contributed by atoms with E-state index in [9.17, 15) is 0 Å². The Morgan fingerprint density at radius 2 is 1.80 bits per heavy atom. The van der Waals surface area contributed by atoms with Gasteiger partial charge in [0, 0.05) is 27.2 Å². The van der Waals surface area contributed by atoms with Gasteiger partial charge in [0.1, 0.15) is 0 Å². The number of nitrogens with two attached hydrogens (primary N) is 1. The van der Waals surface area contributed by atoms with Crippen LogP contribution in [0.5, 0.6) is 0 Å². The van der Waals surface area contributed by atoms with Gasteiger partial charge in [-0.15, -0.1) is 0 Å². The number of hydrogen-bond acceptors (Lipinski definition) is 7. The highest BCUT2D eigenvalue weighted by Crippen LogP contribution is 2.23. The SMILES string of the molecule is C[C@@H]1CN([C@H](C)c2nc(N)nc(N(C)C)n2)C[C@H](C)O1. The van der Waals surface area contributed by atoms with Gasteiger partial charge in [-0.2, -0.15) is 15.0 Å². The van der Waals surface area contributed by atoms with Crippen LogP contribution in [0.3, 0.4) is 0 Å². The molecule has 0 amide bonds. The van der Waals surface area contributed by atoms with E-state index in [2.05, 4.69) is 40.6 Å². The molecule has 20 heavy (non-hydrogen) atoms. The van der Waals surface area contributed by atoms with Crippen LogP contribution in [0.4, 0.5) is 11.9 Å². The molecule has 3 atom stereocenters. The fourth-order valence-corrected chi connectivity index (χ4v) is 2.48. The van der Waals surface area contributed by atoms with Crippen molar-refractivity contribution in [1.29, 1.82) is 0 Å². The highest BCUT2D eigenvalue weighted by atomic mass is 16.5. The van der Waals surface area contributed by atoms with Gasteiger partial charge in [0.2, 0.25) is 11.9 Å². The summed E-state index contributed by atoms with van der Waals surface area (Å²) in [4.78, 5) is 17.1. The lowest BCUT2D eigenvalue weighted by Gasteiger charge is -2.38. The zero-order valence-corrected chi connectivity index (χ0v) is 12.9. The quantitative estimate of drug-likeness (QED) is 0.872. The highest BCUT2D eigenvalue weighted by molar-refractivity contribution is 5.33. The molecule has 1 saturated heterocycles. The molecule has 0 aliphatic carbocycles. The monoisotopic (exact) mass is 280 g/mol. The maximum absolute atomic E-state index is 5.79. The fourth-order valence-electron chi connectivity index (χ4n) is 2.48. The van der Waals surface area contributed by atoms with Gasteiger partial charge in [-0.1, -0.05) is 0 Å². The Balaban J connectivity index is 2.21. The minimum Gasteiger partial charge on any atom is -0.373 e. The molecular weight excluding hydrogens is 256 g/mol. The first kappa shape index (κ1) is 14.9. The largest absolute Gasteiger partial charge is 0.373 e. The molecule has 7 heteroatoms. The number of rotatable bonds is 3. The van der Waals surface area contributed by atoms with E-state index < -0.39 is 0 Å². The maximum atomic E-state index is 5.79. The lowest BCUT2D eigenvalue weighted by atomic mass is 10.1. The molecule has 1 fully saturated rings. The predicted octanol–water partition coefficient (Wildman–Crippen LogP) is 0.690. The lowest BCUT2D eigenvalue weighted by molar-refractivity contribution is -0.0798. The summed E-state index contributed by atoms with van der Waals surface area (Å²) in [5, 5.41) is 0. The van der Waals surface area contributed by atoms with Gasteiger partial charge in [0.15, 0.2) is 5.82 Å². The predicted molar refractivity (Wildman–Crippen MR) is 78.6 cm³/mol. The van der Waals surface area contributed by atoms with Gasteiger partial charge in [-0.3, -0.25) is 4.90 Å². The summed E-state index contributed by atoms with van der Waals surface area (Å²) >= 11 is 0. The highest BCUT2D eigenvalue weighted by Gasteiger charge is 2.28. The number of aromatic nitrogens is 3. The lowest BCUT2D eigenvalue weighted by Crippen LogP contribution is -2.46. The molecule has 1 aromatic rings. The molecule has 0 aromatic carbocycles. The van der Waals surface area contributed by atoms with Gasteiger partial charge < -0.3 is 15.4 Å². The van der Waals surface area contributed by atoms with Gasteiger partial charge in [0.25, 0.3) is 0 Å². The van der Waals surface area contributed by atoms with E-state index >= 15 is 0 Å². The topological polar surface area (TPSA) is 80.4 Å². The molecule has 0 unspecified atom stereocenters. The molecule has 1 aromatic heterocycles. The first-order chi connectivity index (χ1) is 9.36. The fraction of sp³-hybridized carbons (Fsp3) is 0.769. The third-order valence-electron chi connectivity index (χ3n) is 3.43. The van der Waals surface area contributed by atoms with Crippen molar-refractivity contribution in [2.75, 3.05) is 37.8 Å². The number of hydrogen-bond donors (Lipinski definition) is 1. The molecule has 0 radical (unpaired) electrons. The Kier molecular flexibility index (Phi) is 4.39. The molecular formula is C13H24N6O. The molecule has 2 rings (SSSR count). The molecule has 7 nitrogen and oxygen atoms in total. The first-order valence-corrected chi connectivity index (χ1v) is 6.95. The number of morpholine rings is 1. The van der Waals surface area contributed by atoms with Crippen molar-refractivity contribution in [3.63, 3.8) is 0 Å². The molecule has 2 N–H and O–H groups in total. The number of anilines is 2. The van der Waals surface area contributed by atoms with Gasteiger partial charge in [-0.25, -0.2) is 0 Å². The van der Waals surface area contributed by atoms with Crippen LogP contribution in [0.1, 0.15) is 32.6 Å². The standard InChI is InChI=1S/C13H24N6O/c1-8-6-19(7-9(2)20-8)10(3)11-15-12(14)17-13(16-11)18(4)5/h8-10H,6-7H2,1-5H3,(H2,14,15,16,17)/t8-,9+,10-/m1/s1. The van der Waals surface area contributed by atoms with Crippen LogP contribution in [-0.2, 0) is 4.74 Å². The second-order valence-electron chi connectivity index (χ2n) is 5.63. The Morgan fingerprint density at radius 3 is 2.35 bits per heavy atom. The molecule has 0 saturated carbocycles. The third-order valence-corrected chi connectivity index (χ3v) is 3.43. The summed E-state index contributed by atoms with van der Waals surface area (Å²) < 4.78 is 5.76. The van der Waals surface area contributed by atoms with E-state index in [1.165, 1.54) is 0 Å². The summed E-state index contributed by atoms with van der Waals surface area (Å²) in [7, 11) is 3.78. The van der Waals surface area contributed by atoms with Crippen molar-refractivity contribution in [1.82, 2.24) is 19.9 Å². The van der Waals surface area contributed by atoms with Gasteiger partial charge >= 0.3 is 0 Å². The van der Waals surface area contributed by atoms with Crippen molar-refractivity contribution < 1.29 is 4.74 Å². The molecule has 1 aliphatic heterocycles. The summed E-state index contributed by atoms with van der Waals surface area (Å²) in [5.74, 6) is 1.57. The van der Waals surface area contributed by atoms with Crippen LogP contribution < -0.4 is 10.6 Å². The maximum Gasteiger partial charge on any atom is 0.229 e.